The monoisotopic (exact) mass is 299 g/mol. The summed E-state index contributed by atoms with van der Waals surface area (Å²) >= 11 is 0. The van der Waals surface area contributed by atoms with Crippen LogP contribution in [0.2, 0.25) is 0 Å². The molecular weight excluding hydrogens is 270 g/mol. The summed E-state index contributed by atoms with van der Waals surface area (Å²) in [6, 6.07) is 10.9. The van der Waals surface area contributed by atoms with Crippen molar-refractivity contribution >= 4 is 0 Å². The van der Waals surface area contributed by atoms with Crippen LogP contribution < -0.4 is 5.32 Å². The molecule has 3 fully saturated rings. The van der Waals surface area contributed by atoms with Crippen LogP contribution in [0, 0.1) is 17.8 Å². The minimum atomic E-state index is 0.896. The first-order chi connectivity index (χ1) is 10.9. The van der Waals surface area contributed by atoms with E-state index < -0.39 is 0 Å². The van der Waals surface area contributed by atoms with Crippen LogP contribution in [0.3, 0.4) is 0 Å². The van der Waals surface area contributed by atoms with E-state index >= 15 is 0 Å². The van der Waals surface area contributed by atoms with Crippen molar-refractivity contribution in [1.82, 2.24) is 15.1 Å². The van der Waals surface area contributed by atoms with Crippen LogP contribution in [0.15, 0.2) is 30.3 Å². The summed E-state index contributed by atoms with van der Waals surface area (Å²) in [6.07, 6.45) is 2.80. The van der Waals surface area contributed by atoms with Gasteiger partial charge in [0, 0.05) is 39.3 Å². The van der Waals surface area contributed by atoms with Gasteiger partial charge in [0.05, 0.1) is 0 Å². The largest absolute Gasteiger partial charge is 0.316 e. The molecule has 0 bridgehead atoms. The Labute approximate surface area is 134 Å². The smallest absolute Gasteiger partial charge is 0.0233 e. The van der Waals surface area contributed by atoms with Crippen LogP contribution in [-0.2, 0) is 6.54 Å². The van der Waals surface area contributed by atoms with Gasteiger partial charge in [0.1, 0.15) is 0 Å². The zero-order valence-electron chi connectivity index (χ0n) is 13.6. The predicted octanol–water partition coefficient (Wildman–Crippen LogP) is 2.05. The molecule has 1 N–H and O–H groups in total. The van der Waals surface area contributed by atoms with Gasteiger partial charge in [-0.15, -0.1) is 0 Å². The second-order valence-corrected chi connectivity index (χ2v) is 7.63. The van der Waals surface area contributed by atoms with Gasteiger partial charge in [0.2, 0.25) is 0 Å². The van der Waals surface area contributed by atoms with Crippen molar-refractivity contribution in [2.75, 3.05) is 45.8 Å². The lowest BCUT2D eigenvalue weighted by Gasteiger charge is -2.28. The molecule has 0 aliphatic carbocycles. The molecule has 1 aromatic carbocycles. The molecule has 3 atom stereocenters. The fourth-order valence-electron chi connectivity index (χ4n) is 4.75. The van der Waals surface area contributed by atoms with Gasteiger partial charge in [-0.25, -0.2) is 0 Å². The standard InChI is InChI=1S/C19H29N3/c1-2-5-16(6-3-1)10-21-12-18-14-22(15-19(18)13-21)11-17-7-4-8-20-9-17/h1-3,5-6,17-20H,4,7-15H2/t17?,18-,19+. The normalized spacial score (nSPS) is 33.2. The maximum Gasteiger partial charge on any atom is 0.0233 e. The van der Waals surface area contributed by atoms with E-state index in [0.29, 0.717) is 0 Å². The summed E-state index contributed by atoms with van der Waals surface area (Å²) in [7, 11) is 0. The minimum absolute atomic E-state index is 0.896. The van der Waals surface area contributed by atoms with Crippen LogP contribution in [0.25, 0.3) is 0 Å². The average molecular weight is 299 g/mol. The van der Waals surface area contributed by atoms with Crippen molar-refractivity contribution in [2.45, 2.75) is 19.4 Å². The predicted molar refractivity (Wildman–Crippen MR) is 90.7 cm³/mol. The fourth-order valence-corrected chi connectivity index (χ4v) is 4.75. The molecule has 0 amide bonds. The molecule has 0 aromatic heterocycles. The van der Waals surface area contributed by atoms with Crippen LogP contribution >= 0.6 is 0 Å². The second kappa shape index (κ2) is 6.69. The lowest BCUT2D eigenvalue weighted by Crippen LogP contribution is -2.38. The third kappa shape index (κ3) is 3.37. The summed E-state index contributed by atoms with van der Waals surface area (Å²) in [4.78, 5) is 5.43. The molecule has 3 nitrogen and oxygen atoms in total. The van der Waals surface area contributed by atoms with Gasteiger partial charge in [-0.1, -0.05) is 30.3 Å². The molecule has 120 valence electrons. The van der Waals surface area contributed by atoms with Crippen molar-refractivity contribution in [3.05, 3.63) is 35.9 Å². The van der Waals surface area contributed by atoms with Gasteiger partial charge < -0.3 is 10.2 Å². The molecular formula is C19H29N3. The van der Waals surface area contributed by atoms with E-state index in [0.717, 1.165) is 24.3 Å². The highest BCUT2D eigenvalue weighted by molar-refractivity contribution is 5.15. The summed E-state index contributed by atoms with van der Waals surface area (Å²) in [5.74, 6) is 2.73. The third-order valence-electron chi connectivity index (χ3n) is 5.80. The molecule has 0 radical (unpaired) electrons. The van der Waals surface area contributed by atoms with Gasteiger partial charge in [-0.05, 0) is 49.2 Å². The SMILES string of the molecule is c1ccc(CN2C[C@@H]3CN(CC4CCCNC4)C[C@@H]3C2)cc1. The first kappa shape index (κ1) is 14.7. The van der Waals surface area contributed by atoms with E-state index in [-0.39, 0.29) is 0 Å². The van der Waals surface area contributed by atoms with E-state index in [1.807, 2.05) is 0 Å². The van der Waals surface area contributed by atoms with Gasteiger partial charge >= 0.3 is 0 Å². The number of fused-ring (bicyclic) bond motifs is 1. The summed E-state index contributed by atoms with van der Waals surface area (Å²) < 4.78 is 0. The fraction of sp³-hybridized carbons (Fsp3) is 0.684. The second-order valence-electron chi connectivity index (χ2n) is 7.63. The van der Waals surface area contributed by atoms with Crippen molar-refractivity contribution in [3.8, 4) is 0 Å². The van der Waals surface area contributed by atoms with Gasteiger partial charge in [0.15, 0.2) is 0 Å². The Kier molecular flexibility index (Phi) is 4.47. The quantitative estimate of drug-likeness (QED) is 0.918. The van der Waals surface area contributed by atoms with E-state index in [1.54, 1.807) is 0 Å². The van der Waals surface area contributed by atoms with Crippen molar-refractivity contribution in [1.29, 1.82) is 0 Å². The van der Waals surface area contributed by atoms with E-state index in [9.17, 15) is 0 Å². The van der Waals surface area contributed by atoms with E-state index in [4.69, 9.17) is 0 Å². The number of benzene rings is 1. The third-order valence-corrected chi connectivity index (χ3v) is 5.80. The molecule has 0 spiro atoms. The molecule has 3 heteroatoms. The highest BCUT2D eigenvalue weighted by Gasteiger charge is 2.40. The van der Waals surface area contributed by atoms with Crippen molar-refractivity contribution in [2.24, 2.45) is 17.8 Å². The Hall–Kier alpha value is -0.900. The molecule has 0 saturated carbocycles. The number of likely N-dealkylation sites (tertiary alicyclic amines) is 2. The highest BCUT2D eigenvalue weighted by atomic mass is 15.2. The summed E-state index contributed by atoms with van der Waals surface area (Å²) in [5, 5.41) is 3.56. The van der Waals surface area contributed by atoms with Gasteiger partial charge in [0.25, 0.3) is 0 Å². The molecule has 3 aliphatic heterocycles. The minimum Gasteiger partial charge on any atom is -0.316 e. The van der Waals surface area contributed by atoms with E-state index in [2.05, 4.69) is 45.4 Å². The van der Waals surface area contributed by atoms with Crippen LogP contribution in [0.4, 0.5) is 0 Å². The van der Waals surface area contributed by atoms with Crippen LogP contribution in [-0.4, -0.2) is 55.6 Å². The molecule has 3 aliphatic rings. The lowest BCUT2D eigenvalue weighted by molar-refractivity contribution is 0.209. The maximum atomic E-state index is 3.56. The first-order valence-corrected chi connectivity index (χ1v) is 9.06. The molecule has 3 saturated heterocycles. The number of piperidine rings is 1. The number of nitrogens with zero attached hydrogens (tertiary/aromatic N) is 2. The Balaban J connectivity index is 1.25. The first-order valence-electron chi connectivity index (χ1n) is 9.06. The lowest BCUT2D eigenvalue weighted by atomic mass is 9.99. The zero-order valence-corrected chi connectivity index (χ0v) is 13.6. The number of hydrogen-bond donors (Lipinski definition) is 1. The number of hydrogen-bond acceptors (Lipinski definition) is 3. The number of rotatable bonds is 4. The topological polar surface area (TPSA) is 18.5 Å². The summed E-state index contributed by atoms with van der Waals surface area (Å²) in [5.41, 5.74) is 1.47. The van der Waals surface area contributed by atoms with E-state index in [1.165, 1.54) is 64.2 Å². The summed E-state index contributed by atoms with van der Waals surface area (Å²) in [6.45, 7) is 10.2. The molecule has 1 aromatic rings. The van der Waals surface area contributed by atoms with Crippen molar-refractivity contribution in [3.63, 3.8) is 0 Å². The maximum absolute atomic E-state index is 3.56. The Morgan fingerprint density at radius 3 is 2.36 bits per heavy atom. The Morgan fingerprint density at radius 2 is 1.68 bits per heavy atom. The highest BCUT2D eigenvalue weighted by Crippen LogP contribution is 2.32. The van der Waals surface area contributed by atoms with Gasteiger partial charge in [-0.2, -0.15) is 0 Å². The van der Waals surface area contributed by atoms with Crippen LogP contribution in [0.5, 0.6) is 0 Å². The zero-order chi connectivity index (χ0) is 14.8. The molecule has 3 heterocycles. The Morgan fingerprint density at radius 1 is 0.955 bits per heavy atom. The number of nitrogens with one attached hydrogen (secondary N) is 1. The molecule has 1 unspecified atom stereocenters. The van der Waals surface area contributed by atoms with Gasteiger partial charge in [-0.3, -0.25) is 4.90 Å². The van der Waals surface area contributed by atoms with Crippen molar-refractivity contribution < 1.29 is 0 Å². The molecule has 22 heavy (non-hydrogen) atoms. The van der Waals surface area contributed by atoms with Crippen LogP contribution in [0.1, 0.15) is 18.4 Å². The Bertz CT molecular complexity index is 455. The average Bonchev–Trinajstić information content (AvgIpc) is 3.07. The molecule has 4 rings (SSSR count).